The van der Waals surface area contributed by atoms with Gasteiger partial charge in [0.2, 0.25) is 0 Å². The number of hydrogen-bond acceptors (Lipinski definition) is 9. The van der Waals surface area contributed by atoms with E-state index in [1.54, 1.807) is 0 Å². The fraction of sp³-hybridized carbons (Fsp3) is 0.474. The average Bonchev–Trinajstić information content (AvgIpc) is 2.70. The van der Waals surface area contributed by atoms with E-state index in [1.165, 1.54) is 31.5 Å². The van der Waals surface area contributed by atoms with Gasteiger partial charge in [0.05, 0.1) is 0 Å². The zero-order valence-corrected chi connectivity index (χ0v) is 28.3. The van der Waals surface area contributed by atoms with Crippen molar-refractivity contribution < 1.29 is 104 Å². The summed E-state index contributed by atoms with van der Waals surface area (Å²) in [4.78, 5) is 88.3. The van der Waals surface area contributed by atoms with Crippen LogP contribution >= 0.6 is 30.4 Å². The van der Waals surface area contributed by atoms with E-state index in [1.807, 2.05) is 0 Å². The molecule has 1 aromatic carbocycles. The minimum absolute atomic E-state index is 0. The molecule has 0 aliphatic rings. The predicted octanol–water partition coefficient (Wildman–Crippen LogP) is 0.531. The van der Waals surface area contributed by atoms with E-state index in [2.05, 4.69) is 6.58 Å². The second-order valence-electron chi connectivity index (χ2n) is 8.75. The van der Waals surface area contributed by atoms with Crippen LogP contribution in [0.2, 0.25) is 0 Å². The van der Waals surface area contributed by atoms with Gasteiger partial charge < -0.3 is 48.6 Å². The van der Waals surface area contributed by atoms with Crippen molar-refractivity contribution in [2.24, 2.45) is 0 Å². The molecule has 41 heavy (non-hydrogen) atoms. The molecule has 0 aliphatic heterocycles. The van der Waals surface area contributed by atoms with Crippen LogP contribution < -0.4 is 4.74 Å². The summed E-state index contributed by atoms with van der Waals surface area (Å²) in [6.45, 7) is 3.46. The van der Waals surface area contributed by atoms with Crippen molar-refractivity contribution in [3.8, 4) is 5.75 Å². The molecule has 0 fully saturated rings. The average molecular weight is 742 g/mol. The maximum absolute atomic E-state index is 11.7. The van der Waals surface area contributed by atoms with Crippen LogP contribution in [0.5, 0.6) is 5.75 Å². The molecule has 8 N–H and O–H groups in total. The smallest absolute Gasteiger partial charge is 0.339 e. The largest absolute Gasteiger partial charge is 0.525 e. The summed E-state index contributed by atoms with van der Waals surface area (Å²) in [6.07, 6.45) is -2.88. The van der Waals surface area contributed by atoms with Gasteiger partial charge in [0.15, 0.2) is 0 Å². The molecule has 1 rings (SSSR count). The summed E-state index contributed by atoms with van der Waals surface area (Å²) in [7, 11) is -19.3. The van der Waals surface area contributed by atoms with Crippen molar-refractivity contribution in [3.05, 3.63) is 47.9 Å². The maximum Gasteiger partial charge on any atom is 0.339 e. The first-order valence-electron chi connectivity index (χ1n) is 11.1. The predicted molar refractivity (Wildman–Crippen MR) is 141 cm³/mol. The first kappa shape index (κ1) is 40.9. The summed E-state index contributed by atoms with van der Waals surface area (Å²) in [5.74, 6) is -0.645. The van der Waals surface area contributed by atoms with Crippen LogP contribution in [-0.2, 0) is 73.6 Å². The molecule has 0 unspecified atom stereocenters. The molecule has 0 saturated carbocycles. The number of hydrogen-bond donors (Lipinski definition) is 8. The Bertz CT molecular complexity index is 1180. The second-order valence-corrected chi connectivity index (χ2v) is 15.2. The van der Waals surface area contributed by atoms with E-state index in [0.29, 0.717) is 0 Å². The molecule has 17 nitrogen and oxygen atoms in total. The van der Waals surface area contributed by atoms with Gasteiger partial charge in [-0.05, 0) is 31.8 Å². The first-order chi connectivity index (χ1) is 18.0. The van der Waals surface area contributed by atoms with Crippen molar-refractivity contribution in [3.63, 3.8) is 0 Å². The van der Waals surface area contributed by atoms with E-state index >= 15 is 0 Å². The number of rotatable bonds is 18. The van der Waals surface area contributed by atoms with E-state index in [4.69, 9.17) is 9.47 Å². The Balaban J connectivity index is 0.0000160. The molecule has 22 heteroatoms. The molecule has 1 aromatic rings. The standard InChI is InChI=1S/C19H33N2O15P4.Y/c1-15(2)19(22)36-8-4-7-35-18-6-3-5-16(9-20(11-37(23,24)25)12-38(26,27)28)17(18)10-21(13-39(29,30)31)14-40(32,33)34;/h3-6H,1,7-14H2,2H3,(H2,23,24,25)(H2,26,27,28)(H2,29,30,31)(H2,32,33,34);/q-1;. The van der Waals surface area contributed by atoms with Gasteiger partial charge in [-0.2, -0.15) is 0 Å². The van der Waals surface area contributed by atoms with E-state index in [9.17, 15) is 62.2 Å². The number of carbonyl (C=O) groups excluding carboxylic acids is 1. The molecule has 1 radical (unpaired) electrons. The summed E-state index contributed by atoms with van der Waals surface area (Å²) >= 11 is 0. The zero-order chi connectivity index (χ0) is 30.9. The van der Waals surface area contributed by atoms with Gasteiger partial charge >= 0.3 is 36.4 Å². The van der Waals surface area contributed by atoms with E-state index < -0.39 is 74.6 Å². The van der Waals surface area contributed by atoms with Crippen LogP contribution in [0.3, 0.4) is 0 Å². The fourth-order valence-electron chi connectivity index (χ4n) is 3.32. The minimum Gasteiger partial charge on any atom is -0.525 e. The summed E-state index contributed by atoms with van der Waals surface area (Å²) < 4.78 is 57.1. The quantitative estimate of drug-likeness (QED) is 0.0335. The normalized spacial score (nSPS) is 12.8. The number of nitrogens with zero attached hydrogens (tertiary/aromatic N) is 2. The Morgan fingerprint density at radius 3 is 1.66 bits per heavy atom. The summed E-state index contributed by atoms with van der Waals surface area (Å²) in [5, 5.41) is 0. The molecule has 0 heterocycles. The Kier molecular flexibility index (Phi) is 17.3. The van der Waals surface area contributed by atoms with Gasteiger partial charge in [0.25, 0.3) is 0 Å². The Hall–Kier alpha value is -0.146. The molecule has 0 aliphatic carbocycles. The Morgan fingerprint density at radius 1 is 0.805 bits per heavy atom. The Morgan fingerprint density at radius 2 is 1.24 bits per heavy atom. The third-order valence-corrected chi connectivity index (χ3v) is 7.65. The molecular weight excluding hydrogens is 709 g/mol. The third-order valence-electron chi connectivity index (χ3n) is 4.58. The molecule has 0 bridgehead atoms. The molecule has 0 saturated heterocycles. The second kappa shape index (κ2) is 17.4. The molecule has 0 aromatic heterocycles. The molecule has 233 valence electrons. The van der Waals surface area contributed by atoms with Crippen LogP contribution in [0.1, 0.15) is 18.1 Å². The molecule has 0 spiro atoms. The molecule has 0 atom stereocenters. The number of benzene rings is 1. The van der Waals surface area contributed by atoms with Gasteiger partial charge in [-0.25, -0.2) is 4.79 Å². The van der Waals surface area contributed by atoms with Crippen LogP contribution in [0, 0.1) is 6.42 Å². The van der Waals surface area contributed by atoms with Gasteiger partial charge in [0.1, 0.15) is 30.9 Å². The Labute approximate surface area is 261 Å². The van der Waals surface area contributed by atoms with Gasteiger partial charge in [-0.1, -0.05) is 18.7 Å². The summed E-state index contributed by atoms with van der Waals surface area (Å²) in [5.41, 5.74) is 0.336. The van der Waals surface area contributed by atoms with Crippen molar-refractivity contribution in [2.75, 3.05) is 38.4 Å². The van der Waals surface area contributed by atoms with Crippen LogP contribution in [0.4, 0.5) is 0 Å². The van der Waals surface area contributed by atoms with Crippen molar-refractivity contribution in [1.29, 1.82) is 0 Å². The minimum atomic E-state index is -4.84. The maximum atomic E-state index is 11.7. The van der Waals surface area contributed by atoms with Crippen molar-refractivity contribution in [1.82, 2.24) is 9.80 Å². The SMILES string of the molecule is C=C(C)C(=O)OC[CH-]COc1cccc(CN(CP(=O)(O)O)CP(=O)(O)O)c1CN(CP(=O)(O)O)CP(=O)(O)O.[Y]. The van der Waals surface area contributed by atoms with E-state index in [0.717, 1.165) is 9.80 Å². The van der Waals surface area contributed by atoms with Crippen molar-refractivity contribution in [2.45, 2.75) is 20.0 Å². The third kappa shape index (κ3) is 19.7. The molecular formula is C19H33N2O15P4Y-. The van der Waals surface area contributed by atoms with Crippen LogP contribution in [0.15, 0.2) is 30.4 Å². The first-order valence-corrected chi connectivity index (χ1v) is 18.2. The summed E-state index contributed by atoms with van der Waals surface area (Å²) in [6, 6.07) is 4.18. The topological polar surface area (TPSA) is 272 Å². The fourth-order valence-corrected chi connectivity index (χ4v) is 6.52. The number of ether oxygens (including phenoxy) is 2. The van der Waals surface area contributed by atoms with Gasteiger partial charge in [-0.3, -0.25) is 34.5 Å². The number of esters is 1. The molecule has 0 amide bonds. The van der Waals surface area contributed by atoms with Crippen molar-refractivity contribution >= 4 is 36.4 Å². The van der Waals surface area contributed by atoms with Crippen LogP contribution in [0.25, 0.3) is 0 Å². The zero-order valence-electron chi connectivity index (χ0n) is 21.9. The van der Waals surface area contributed by atoms with E-state index in [-0.39, 0.29) is 68.4 Å². The number of carbonyl (C=O) groups is 1. The van der Waals surface area contributed by atoms with Gasteiger partial charge in [-0.15, -0.1) is 0 Å². The van der Waals surface area contributed by atoms with Crippen LogP contribution in [-0.4, -0.2) is 93.3 Å². The van der Waals surface area contributed by atoms with Gasteiger partial charge in [0, 0.05) is 56.9 Å². The monoisotopic (exact) mass is 742 g/mol.